The molecular weight excluding hydrogens is 592 g/mol. The lowest BCUT2D eigenvalue weighted by molar-refractivity contribution is 0.237. The van der Waals surface area contributed by atoms with Crippen molar-refractivity contribution < 1.29 is 9.47 Å². The van der Waals surface area contributed by atoms with E-state index in [1.54, 1.807) is 0 Å². The van der Waals surface area contributed by atoms with Crippen molar-refractivity contribution >= 4 is 11.0 Å². The minimum atomic E-state index is -0.559. The molecule has 2 atom stereocenters. The third-order valence-electron chi connectivity index (χ3n) is 8.05. The van der Waals surface area contributed by atoms with Crippen LogP contribution in [0.15, 0.2) is 97.1 Å². The third-order valence-corrected chi connectivity index (χ3v) is 8.05. The number of benzene rings is 4. The minimum absolute atomic E-state index is 0.451. The SMILES string of the molecule is CCCCc1nc2c(C)ccc(OC(c3ccccc3)c3nn[nH]n3)c2n1Cc1ccc(OC(c2ccccc2)c2nn[nH]n2)cc1. The van der Waals surface area contributed by atoms with E-state index in [2.05, 4.69) is 77.9 Å². The van der Waals surface area contributed by atoms with Gasteiger partial charge in [0.2, 0.25) is 11.6 Å². The van der Waals surface area contributed by atoms with Crippen molar-refractivity contribution in [3.63, 3.8) is 0 Å². The molecule has 7 aromatic rings. The molecule has 0 spiro atoms. The number of tetrazole rings is 2. The van der Waals surface area contributed by atoms with Gasteiger partial charge in [0.05, 0.1) is 5.52 Å². The van der Waals surface area contributed by atoms with E-state index >= 15 is 0 Å². The first-order valence-corrected chi connectivity index (χ1v) is 15.7. The van der Waals surface area contributed by atoms with Crippen LogP contribution in [0.5, 0.6) is 11.5 Å². The Morgan fingerprint density at radius 3 is 1.91 bits per heavy atom. The summed E-state index contributed by atoms with van der Waals surface area (Å²) in [6, 6.07) is 31.9. The molecule has 0 fully saturated rings. The lowest BCUT2D eigenvalue weighted by atomic mass is 10.1. The van der Waals surface area contributed by atoms with Crippen LogP contribution in [0.4, 0.5) is 0 Å². The Kier molecular flexibility index (Phi) is 8.62. The summed E-state index contributed by atoms with van der Waals surface area (Å²) in [5.41, 5.74) is 5.87. The van der Waals surface area contributed by atoms with Crippen molar-refractivity contribution in [1.29, 1.82) is 0 Å². The van der Waals surface area contributed by atoms with Crippen molar-refractivity contribution in [2.75, 3.05) is 0 Å². The molecule has 2 unspecified atom stereocenters. The largest absolute Gasteiger partial charge is 0.478 e. The second-order valence-electron chi connectivity index (χ2n) is 11.3. The Bertz CT molecular complexity index is 2010. The standard InChI is InChI=1S/C35H34N10O2/c1-3-4-15-29-36-30-23(2)16-21-28(47-33(35-39-43-44-40-35)26-13-9-6-10-14-26)31(30)45(29)22-24-17-19-27(20-18-24)46-32(34-37-41-42-38-34)25-11-7-5-8-12-25/h5-14,16-21,32-33H,3-4,15,22H2,1-2H3,(H,37,38,41,42)(H,39,40,43,44). The molecule has 0 saturated carbocycles. The summed E-state index contributed by atoms with van der Waals surface area (Å²) in [4.78, 5) is 5.15. The zero-order chi connectivity index (χ0) is 32.0. The molecule has 2 N–H and O–H groups in total. The Hall–Kier alpha value is -5.91. The minimum Gasteiger partial charge on any atom is -0.478 e. The molecule has 47 heavy (non-hydrogen) atoms. The number of imidazole rings is 1. The fourth-order valence-corrected chi connectivity index (χ4v) is 5.65. The van der Waals surface area contributed by atoms with Crippen molar-refractivity contribution in [1.82, 2.24) is 50.8 Å². The number of H-pyrrole nitrogens is 2. The van der Waals surface area contributed by atoms with E-state index in [1.165, 1.54) is 0 Å². The molecule has 7 rings (SSSR count). The molecule has 3 aromatic heterocycles. The number of fused-ring (bicyclic) bond motifs is 1. The predicted molar refractivity (Wildman–Crippen MR) is 175 cm³/mol. The average Bonchev–Trinajstić information content (AvgIpc) is 3.91. The van der Waals surface area contributed by atoms with Gasteiger partial charge in [0.1, 0.15) is 22.8 Å². The summed E-state index contributed by atoms with van der Waals surface area (Å²) in [5, 5.41) is 29.5. The molecule has 0 amide bonds. The lowest BCUT2D eigenvalue weighted by Crippen LogP contribution is -2.13. The quantitative estimate of drug-likeness (QED) is 0.155. The van der Waals surface area contributed by atoms with E-state index in [0.717, 1.165) is 58.4 Å². The molecule has 0 aliphatic rings. The number of nitrogens with one attached hydrogen (secondary N) is 2. The average molecular weight is 627 g/mol. The van der Waals surface area contributed by atoms with Gasteiger partial charge >= 0.3 is 0 Å². The number of aromatic amines is 2. The summed E-state index contributed by atoms with van der Waals surface area (Å²) in [6.07, 6.45) is 1.88. The van der Waals surface area contributed by atoms with E-state index in [-0.39, 0.29) is 0 Å². The molecule has 0 bridgehead atoms. The Morgan fingerprint density at radius 1 is 0.723 bits per heavy atom. The molecule has 12 heteroatoms. The molecular formula is C35H34N10O2. The Morgan fingerprint density at radius 2 is 1.34 bits per heavy atom. The number of rotatable bonds is 13. The van der Waals surface area contributed by atoms with Crippen molar-refractivity contribution in [2.45, 2.75) is 51.9 Å². The van der Waals surface area contributed by atoms with Gasteiger partial charge in [-0.1, -0.05) is 103 Å². The molecule has 3 heterocycles. The van der Waals surface area contributed by atoms with Gasteiger partial charge in [0.25, 0.3) is 0 Å². The summed E-state index contributed by atoms with van der Waals surface area (Å²) >= 11 is 0. The van der Waals surface area contributed by atoms with Crippen molar-refractivity contribution in [3.8, 4) is 11.5 Å². The number of nitrogens with zero attached hydrogens (tertiary/aromatic N) is 8. The Labute approximate surface area is 271 Å². The maximum atomic E-state index is 6.76. The molecule has 236 valence electrons. The summed E-state index contributed by atoms with van der Waals surface area (Å²) in [5.74, 6) is 3.32. The van der Waals surface area contributed by atoms with Crippen LogP contribution in [0.1, 0.15) is 71.7 Å². The van der Waals surface area contributed by atoms with E-state index in [0.29, 0.717) is 29.7 Å². The second kappa shape index (κ2) is 13.6. The fraction of sp³-hybridized carbons (Fsp3) is 0.229. The van der Waals surface area contributed by atoms with E-state index in [1.807, 2.05) is 78.9 Å². The maximum Gasteiger partial charge on any atom is 0.219 e. The van der Waals surface area contributed by atoms with Crippen LogP contribution < -0.4 is 9.47 Å². The van der Waals surface area contributed by atoms with Crippen LogP contribution in [0.25, 0.3) is 11.0 Å². The highest BCUT2D eigenvalue weighted by atomic mass is 16.5. The van der Waals surface area contributed by atoms with Crippen LogP contribution in [-0.4, -0.2) is 50.8 Å². The first-order valence-electron chi connectivity index (χ1n) is 15.7. The molecule has 12 nitrogen and oxygen atoms in total. The first kappa shape index (κ1) is 29.8. The molecule has 4 aromatic carbocycles. The number of aryl methyl sites for hydroxylation is 2. The summed E-state index contributed by atoms with van der Waals surface area (Å²) in [6.45, 7) is 4.87. The number of hydrogen-bond donors (Lipinski definition) is 2. The highest BCUT2D eigenvalue weighted by molar-refractivity contribution is 5.86. The first-order chi connectivity index (χ1) is 23.2. The van der Waals surface area contributed by atoms with Gasteiger partial charge in [0, 0.05) is 24.1 Å². The zero-order valence-electron chi connectivity index (χ0n) is 26.1. The normalized spacial score (nSPS) is 12.6. The van der Waals surface area contributed by atoms with Gasteiger partial charge in [-0.25, -0.2) is 4.98 Å². The van der Waals surface area contributed by atoms with Gasteiger partial charge in [0.15, 0.2) is 12.2 Å². The Balaban J connectivity index is 1.23. The number of ether oxygens (including phenoxy) is 2. The lowest BCUT2D eigenvalue weighted by Gasteiger charge is -2.19. The van der Waals surface area contributed by atoms with Crippen LogP contribution in [0.2, 0.25) is 0 Å². The van der Waals surface area contributed by atoms with Crippen molar-refractivity contribution in [2.24, 2.45) is 0 Å². The van der Waals surface area contributed by atoms with Gasteiger partial charge in [-0.3, -0.25) is 0 Å². The third kappa shape index (κ3) is 6.43. The van der Waals surface area contributed by atoms with Crippen LogP contribution in [0, 0.1) is 6.92 Å². The summed E-state index contributed by atoms with van der Waals surface area (Å²) < 4.78 is 15.4. The van der Waals surface area contributed by atoms with E-state index in [4.69, 9.17) is 14.5 Å². The van der Waals surface area contributed by atoms with Crippen LogP contribution >= 0.6 is 0 Å². The number of unbranched alkanes of at least 4 members (excludes halogenated alkanes) is 1. The summed E-state index contributed by atoms with van der Waals surface area (Å²) in [7, 11) is 0. The van der Waals surface area contributed by atoms with Gasteiger partial charge in [-0.05, 0) is 42.7 Å². The second-order valence-corrected chi connectivity index (χ2v) is 11.3. The van der Waals surface area contributed by atoms with Crippen LogP contribution in [0.3, 0.4) is 0 Å². The van der Waals surface area contributed by atoms with Gasteiger partial charge in [-0.15, -0.1) is 20.4 Å². The van der Waals surface area contributed by atoms with Crippen molar-refractivity contribution in [3.05, 3.63) is 137 Å². The molecule has 0 aliphatic carbocycles. The highest BCUT2D eigenvalue weighted by Crippen LogP contribution is 2.35. The van der Waals surface area contributed by atoms with Gasteiger partial charge in [-0.2, -0.15) is 10.4 Å². The predicted octanol–water partition coefficient (Wildman–Crippen LogP) is 6.10. The van der Waals surface area contributed by atoms with E-state index in [9.17, 15) is 0 Å². The number of hydrogen-bond acceptors (Lipinski definition) is 9. The zero-order valence-corrected chi connectivity index (χ0v) is 26.1. The number of aromatic nitrogens is 10. The smallest absolute Gasteiger partial charge is 0.219 e. The van der Waals surface area contributed by atoms with E-state index < -0.39 is 12.2 Å². The monoisotopic (exact) mass is 626 g/mol. The topological polar surface area (TPSA) is 145 Å². The molecule has 0 aliphatic heterocycles. The maximum absolute atomic E-state index is 6.76. The van der Waals surface area contributed by atoms with Gasteiger partial charge < -0.3 is 14.0 Å². The highest BCUT2D eigenvalue weighted by Gasteiger charge is 2.25. The van der Waals surface area contributed by atoms with Crippen LogP contribution in [-0.2, 0) is 13.0 Å². The molecule has 0 radical (unpaired) electrons. The fourth-order valence-electron chi connectivity index (χ4n) is 5.65. The molecule has 0 saturated heterocycles.